The number of halogens is 1. The zero-order chi connectivity index (χ0) is 16.5. The molecule has 0 aromatic carbocycles. The molecule has 124 valence electrons. The number of hydrogen-bond acceptors (Lipinski definition) is 4. The zero-order valence-corrected chi connectivity index (χ0v) is 15.7. The Labute approximate surface area is 141 Å². The minimum atomic E-state index is -0.0460. The summed E-state index contributed by atoms with van der Waals surface area (Å²) in [6.45, 7) is 10.3. The first-order valence-corrected chi connectivity index (χ1v) is 8.43. The van der Waals surface area contributed by atoms with Crippen LogP contribution in [0.3, 0.4) is 0 Å². The number of aryl methyl sites for hydroxylation is 1. The van der Waals surface area contributed by atoms with E-state index in [2.05, 4.69) is 39.8 Å². The second-order valence-electron chi connectivity index (χ2n) is 5.20. The molecule has 6 heteroatoms. The fourth-order valence-corrected chi connectivity index (χ4v) is 2.02. The molecule has 22 heavy (non-hydrogen) atoms. The van der Waals surface area contributed by atoms with Crippen molar-refractivity contribution in [1.82, 2.24) is 9.88 Å². The van der Waals surface area contributed by atoms with E-state index >= 15 is 0 Å². The van der Waals surface area contributed by atoms with E-state index in [9.17, 15) is 0 Å². The Bertz CT molecular complexity index is 495. The van der Waals surface area contributed by atoms with Gasteiger partial charge in [-0.05, 0) is 49.2 Å². The molecule has 1 aromatic rings. The van der Waals surface area contributed by atoms with E-state index in [1.165, 1.54) is 0 Å². The maximum absolute atomic E-state index is 5.83. The van der Waals surface area contributed by atoms with Gasteiger partial charge in [0, 0.05) is 20.2 Å². The first-order valence-electron chi connectivity index (χ1n) is 7.63. The molecule has 1 atom stereocenters. The molecular formula is C16H26BrN3O2. The summed E-state index contributed by atoms with van der Waals surface area (Å²) < 4.78 is 12.1. The number of aliphatic imine (C=N–C) groups is 1. The van der Waals surface area contributed by atoms with Crippen molar-refractivity contribution in [3.63, 3.8) is 0 Å². The lowest BCUT2D eigenvalue weighted by Gasteiger charge is -2.16. The zero-order valence-electron chi connectivity index (χ0n) is 14.1. The van der Waals surface area contributed by atoms with Crippen LogP contribution in [0.1, 0.15) is 32.9 Å². The van der Waals surface area contributed by atoms with Crippen molar-refractivity contribution in [2.75, 3.05) is 26.8 Å². The van der Waals surface area contributed by atoms with Gasteiger partial charge in [0.05, 0.1) is 28.8 Å². The summed E-state index contributed by atoms with van der Waals surface area (Å²) in [7, 11) is 1.98. The lowest BCUT2D eigenvalue weighted by atomic mass is 10.3. The second-order valence-corrected chi connectivity index (χ2v) is 6.06. The Kier molecular flexibility index (Phi) is 8.42. The maximum Gasteiger partial charge on any atom is 0.228 e. The van der Waals surface area contributed by atoms with Crippen molar-refractivity contribution in [2.24, 2.45) is 4.99 Å². The molecule has 1 aromatic heterocycles. The Balaban J connectivity index is 2.74. The molecule has 1 heterocycles. The minimum Gasteiger partial charge on any atom is -0.471 e. The molecule has 0 saturated heterocycles. The van der Waals surface area contributed by atoms with E-state index in [4.69, 9.17) is 9.47 Å². The van der Waals surface area contributed by atoms with Crippen molar-refractivity contribution in [1.29, 1.82) is 0 Å². The highest BCUT2D eigenvalue weighted by molar-refractivity contribution is 9.10. The number of pyridine rings is 1. The summed E-state index contributed by atoms with van der Waals surface area (Å²) in [4.78, 5) is 10.9. The van der Waals surface area contributed by atoms with Crippen molar-refractivity contribution >= 4 is 28.0 Å². The third-order valence-electron chi connectivity index (χ3n) is 3.01. The lowest BCUT2D eigenvalue weighted by molar-refractivity contribution is 0.0563. The number of rotatable bonds is 9. The van der Waals surface area contributed by atoms with Crippen LogP contribution in [0.4, 0.5) is 5.69 Å². The topological polar surface area (TPSA) is 47.0 Å². The molecule has 0 saturated carbocycles. The normalized spacial score (nSPS) is 12.6. The molecule has 0 aliphatic heterocycles. The fourth-order valence-electron chi connectivity index (χ4n) is 1.62. The summed E-state index contributed by atoms with van der Waals surface area (Å²) >= 11 is 3.50. The van der Waals surface area contributed by atoms with E-state index in [1.807, 2.05) is 31.9 Å². The molecule has 0 radical (unpaired) electrons. The number of aromatic nitrogens is 1. The van der Waals surface area contributed by atoms with Gasteiger partial charge >= 0.3 is 0 Å². The van der Waals surface area contributed by atoms with Gasteiger partial charge in [0.1, 0.15) is 6.10 Å². The van der Waals surface area contributed by atoms with Crippen LogP contribution in [-0.4, -0.2) is 49.1 Å². The van der Waals surface area contributed by atoms with Crippen molar-refractivity contribution in [3.8, 4) is 5.88 Å². The molecule has 1 rings (SSSR count). The third-order valence-corrected chi connectivity index (χ3v) is 3.58. The van der Waals surface area contributed by atoms with Gasteiger partial charge in [0.2, 0.25) is 5.88 Å². The monoisotopic (exact) mass is 371 g/mol. The van der Waals surface area contributed by atoms with Crippen LogP contribution < -0.4 is 4.74 Å². The van der Waals surface area contributed by atoms with Crippen LogP contribution in [0.2, 0.25) is 0 Å². The summed E-state index contributed by atoms with van der Waals surface area (Å²) in [5.74, 6) is 0.577. The predicted octanol–water partition coefficient (Wildman–Crippen LogP) is 3.96. The Morgan fingerprint density at radius 3 is 2.82 bits per heavy atom. The van der Waals surface area contributed by atoms with Crippen LogP contribution in [0.5, 0.6) is 5.88 Å². The number of nitrogens with zero attached hydrogens (tertiary/aromatic N) is 3. The molecule has 0 N–H and O–H groups in total. The van der Waals surface area contributed by atoms with E-state index in [1.54, 1.807) is 6.34 Å². The van der Waals surface area contributed by atoms with Crippen molar-refractivity contribution in [2.45, 2.75) is 40.2 Å². The Morgan fingerprint density at radius 1 is 1.45 bits per heavy atom. The Hall–Kier alpha value is -1.14. The highest BCUT2D eigenvalue weighted by Crippen LogP contribution is 2.30. The molecule has 0 aliphatic rings. The van der Waals surface area contributed by atoms with E-state index in [-0.39, 0.29) is 6.10 Å². The maximum atomic E-state index is 5.83. The summed E-state index contributed by atoms with van der Waals surface area (Å²) in [6.07, 6.45) is 2.76. The quantitative estimate of drug-likeness (QED) is 0.374. The SMILES string of the molecule is CCCOC[C@@H](C)Oc1nc(C)c(N=CN(C)CC)cc1Br. The lowest BCUT2D eigenvalue weighted by Crippen LogP contribution is -2.20. The van der Waals surface area contributed by atoms with Crippen LogP contribution in [-0.2, 0) is 4.74 Å². The molecular weight excluding hydrogens is 346 g/mol. The molecule has 0 bridgehead atoms. The highest BCUT2D eigenvalue weighted by atomic mass is 79.9. The predicted molar refractivity (Wildman–Crippen MR) is 94.3 cm³/mol. The van der Waals surface area contributed by atoms with E-state index < -0.39 is 0 Å². The smallest absolute Gasteiger partial charge is 0.228 e. The van der Waals surface area contributed by atoms with Gasteiger partial charge in [-0.15, -0.1) is 0 Å². The highest BCUT2D eigenvalue weighted by Gasteiger charge is 2.12. The largest absolute Gasteiger partial charge is 0.471 e. The Morgan fingerprint density at radius 2 is 2.18 bits per heavy atom. The van der Waals surface area contributed by atoms with Crippen LogP contribution in [0, 0.1) is 6.92 Å². The number of ether oxygens (including phenoxy) is 2. The minimum absolute atomic E-state index is 0.0460. The van der Waals surface area contributed by atoms with Crippen LogP contribution in [0.15, 0.2) is 15.5 Å². The molecule has 0 spiro atoms. The summed E-state index contributed by atoms with van der Waals surface area (Å²) in [5.41, 5.74) is 1.66. The van der Waals surface area contributed by atoms with Crippen molar-refractivity contribution < 1.29 is 9.47 Å². The molecule has 5 nitrogen and oxygen atoms in total. The van der Waals surface area contributed by atoms with Gasteiger partial charge in [-0.1, -0.05) is 6.92 Å². The van der Waals surface area contributed by atoms with Gasteiger partial charge in [-0.3, -0.25) is 0 Å². The number of hydrogen-bond donors (Lipinski definition) is 0. The molecule has 0 unspecified atom stereocenters. The first-order chi connectivity index (χ1) is 10.5. The first kappa shape index (κ1) is 18.9. The van der Waals surface area contributed by atoms with E-state index in [0.29, 0.717) is 12.5 Å². The third kappa shape index (κ3) is 6.32. The summed E-state index contributed by atoms with van der Waals surface area (Å²) in [5, 5.41) is 0. The fraction of sp³-hybridized carbons (Fsp3) is 0.625. The van der Waals surface area contributed by atoms with Gasteiger partial charge in [-0.2, -0.15) is 0 Å². The average molecular weight is 372 g/mol. The molecule has 0 aliphatic carbocycles. The van der Waals surface area contributed by atoms with Gasteiger partial charge in [-0.25, -0.2) is 9.98 Å². The molecule has 0 amide bonds. The summed E-state index contributed by atoms with van der Waals surface area (Å²) in [6, 6.07) is 1.93. The van der Waals surface area contributed by atoms with Gasteiger partial charge < -0.3 is 14.4 Å². The second kappa shape index (κ2) is 9.79. The van der Waals surface area contributed by atoms with Crippen LogP contribution in [0.25, 0.3) is 0 Å². The average Bonchev–Trinajstić information content (AvgIpc) is 2.49. The standard InChI is InChI=1S/C16H26BrN3O2/c1-6-8-21-10-12(3)22-16-14(17)9-15(13(4)19-16)18-11-20(5)7-2/h9,11-12H,6-8,10H2,1-5H3/t12-/m1/s1. The van der Waals surface area contributed by atoms with Crippen LogP contribution >= 0.6 is 15.9 Å². The van der Waals surface area contributed by atoms with Gasteiger partial charge in [0.25, 0.3) is 0 Å². The van der Waals surface area contributed by atoms with E-state index in [0.717, 1.165) is 35.4 Å². The molecule has 0 fully saturated rings. The van der Waals surface area contributed by atoms with Gasteiger partial charge in [0.15, 0.2) is 0 Å². The van der Waals surface area contributed by atoms with Crippen molar-refractivity contribution in [3.05, 3.63) is 16.2 Å².